The Balaban J connectivity index is 1.32. The molecule has 4 rings (SSSR count). The quantitative estimate of drug-likeness (QED) is 0.762. The van der Waals surface area contributed by atoms with E-state index < -0.39 is 0 Å². The van der Waals surface area contributed by atoms with Crippen molar-refractivity contribution in [3.63, 3.8) is 0 Å². The van der Waals surface area contributed by atoms with Gasteiger partial charge in [0.25, 0.3) is 5.91 Å². The first-order valence-electron chi connectivity index (χ1n) is 10.9. The van der Waals surface area contributed by atoms with Crippen molar-refractivity contribution in [1.29, 1.82) is 0 Å². The van der Waals surface area contributed by atoms with Gasteiger partial charge in [0.1, 0.15) is 0 Å². The van der Waals surface area contributed by atoms with Crippen LogP contribution in [0.5, 0.6) is 0 Å². The van der Waals surface area contributed by atoms with E-state index in [2.05, 4.69) is 21.7 Å². The normalized spacial score (nSPS) is 23.4. The lowest BCUT2D eigenvalue weighted by molar-refractivity contribution is -0.136. The highest BCUT2D eigenvalue weighted by Gasteiger charge is 2.34. The van der Waals surface area contributed by atoms with Gasteiger partial charge in [-0.15, -0.1) is 0 Å². The summed E-state index contributed by atoms with van der Waals surface area (Å²) in [5, 5.41) is 0. The fourth-order valence-corrected chi connectivity index (χ4v) is 4.73. The minimum atomic E-state index is -0.0203. The first-order chi connectivity index (χ1) is 13.9. The lowest BCUT2D eigenvalue weighted by atomic mass is 9.90. The Labute approximate surface area is 173 Å². The Bertz CT molecular complexity index is 776. The summed E-state index contributed by atoms with van der Waals surface area (Å²) >= 11 is 0. The van der Waals surface area contributed by atoms with Crippen molar-refractivity contribution < 1.29 is 9.59 Å². The second kappa shape index (κ2) is 8.40. The molecule has 1 aromatic heterocycles. The van der Waals surface area contributed by atoms with Crippen LogP contribution >= 0.6 is 0 Å². The van der Waals surface area contributed by atoms with Crippen LogP contribution in [0, 0.1) is 0 Å². The molecule has 1 saturated heterocycles. The molecule has 1 atom stereocenters. The van der Waals surface area contributed by atoms with E-state index in [4.69, 9.17) is 0 Å². The van der Waals surface area contributed by atoms with Crippen LogP contribution < -0.4 is 0 Å². The third kappa shape index (κ3) is 4.31. The maximum Gasteiger partial charge on any atom is 0.254 e. The average Bonchev–Trinajstić information content (AvgIpc) is 2.67. The zero-order valence-corrected chi connectivity index (χ0v) is 17.9. The lowest BCUT2D eigenvalue weighted by Crippen LogP contribution is -2.59. The molecular weight excluding hydrogens is 366 g/mol. The Morgan fingerprint density at radius 3 is 2.66 bits per heavy atom. The van der Waals surface area contributed by atoms with E-state index in [1.54, 1.807) is 25.2 Å². The van der Waals surface area contributed by atoms with Crippen molar-refractivity contribution in [3.8, 4) is 0 Å². The Hall–Kier alpha value is -1.99. The molecule has 0 aromatic carbocycles. The van der Waals surface area contributed by atoms with Gasteiger partial charge < -0.3 is 9.80 Å². The summed E-state index contributed by atoms with van der Waals surface area (Å²) in [7, 11) is 3.50. The summed E-state index contributed by atoms with van der Waals surface area (Å²) < 4.78 is 0. The number of aromatic nitrogens is 1. The van der Waals surface area contributed by atoms with E-state index in [0.29, 0.717) is 24.7 Å². The van der Waals surface area contributed by atoms with Crippen LogP contribution in [0.3, 0.4) is 0 Å². The number of hydrogen-bond donors (Lipinski definition) is 0. The van der Waals surface area contributed by atoms with Gasteiger partial charge in [-0.2, -0.15) is 0 Å². The van der Waals surface area contributed by atoms with Crippen molar-refractivity contribution >= 4 is 11.8 Å². The van der Waals surface area contributed by atoms with E-state index in [1.807, 2.05) is 11.0 Å². The summed E-state index contributed by atoms with van der Waals surface area (Å²) in [6.07, 6.45) is 6.48. The Morgan fingerprint density at radius 1 is 1.21 bits per heavy atom. The van der Waals surface area contributed by atoms with Crippen LogP contribution in [0.25, 0.3) is 0 Å². The molecule has 7 nitrogen and oxygen atoms in total. The number of carbonyl (C=O) groups is 2. The van der Waals surface area contributed by atoms with Gasteiger partial charge in [-0.3, -0.25) is 24.4 Å². The van der Waals surface area contributed by atoms with E-state index in [9.17, 15) is 9.59 Å². The minimum absolute atomic E-state index is 0.0203. The Morgan fingerprint density at radius 2 is 2.00 bits per heavy atom. The number of hydrogen-bond acceptors (Lipinski definition) is 5. The van der Waals surface area contributed by atoms with Gasteiger partial charge in [-0.1, -0.05) is 6.42 Å². The second-order valence-electron chi connectivity index (χ2n) is 9.00. The molecule has 0 radical (unpaired) electrons. The molecule has 1 aromatic rings. The second-order valence-corrected chi connectivity index (χ2v) is 9.00. The molecule has 3 aliphatic rings. The molecule has 29 heavy (non-hydrogen) atoms. The number of nitrogens with zero attached hydrogens (tertiary/aromatic N) is 5. The van der Waals surface area contributed by atoms with Gasteiger partial charge in [0, 0.05) is 65.1 Å². The molecule has 0 bridgehead atoms. The summed E-state index contributed by atoms with van der Waals surface area (Å²) in [5.74, 6) is 0.209. The van der Waals surface area contributed by atoms with Crippen molar-refractivity contribution in [1.82, 2.24) is 24.6 Å². The fraction of sp³-hybridized carbons (Fsp3) is 0.682. The fourth-order valence-electron chi connectivity index (χ4n) is 4.73. The van der Waals surface area contributed by atoms with E-state index in [-0.39, 0.29) is 11.8 Å². The molecule has 2 amide bonds. The highest BCUT2D eigenvalue weighted by molar-refractivity contribution is 5.93. The molecule has 2 aliphatic heterocycles. The van der Waals surface area contributed by atoms with Crippen LogP contribution in [0.1, 0.15) is 47.8 Å². The highest BCUT2D eigenvalue weighted by Crippen LogP contribution is 2.28. The van der Waals surface area contributed by atoms with Crippen molar-refractivity contribution in [2.75, 3.05) is 46.8 Å². The zero-order chi connectivity index (χ0) is 20.5. The van der Waals surface area contributed by atoms with Crippen LogP contribution in [0.2, 0.25) is 0 Å². The third-order valence-electron chi connectivity index (χ3n) is 6.72. The third-order valence-corrected chi connectivity index (χ3v) is 6.72. The number of fused-ring (bicyclic) bond motifs is 1. The van der Waals surface area contributed by atoms with Crippen molar-refractivity contribution in [2.24, 2.45) is 0 Å². The monoisotopic (exact) mass is 399 g/mol. The SMILES string of the molecule is CC1CN(C(=O)CN2CCc3cc(C(=O)N(C)C)cnc3C2)CCN1C1CCC1. The Kier molecular flexibility index (Phi) is 5.88. The van der Waals surface area contributed by atoms with Crippen LogP contribution in [0.4, 0.5) is 0 Å². The predicted molar refractivity (Wildman–Crippen MR) is 112 cm³/mol. The summed E-state index contributed by atoms with van der Waals surface area (Å²) in [6.45, 7) is 6.91. The van der Waals surface area contributed by atoms with E-state index in [0.717, 1.165) is 49.9 Å². The predicted octanol–water partition coefficient (Wildman–Crippen LogP) is 1.23. The zero-order valence-electron chi connectivity index (χ0n) is 17.9. The molecule has 158 valence electrons. The minimum Gasteiger partial charge on any atom is -0.345 e. The molecule has 3 heterocycles. The number of piperazine rings is 1. The maximum absolute atomic E-state index is 12.9. The molecule has 1 saturated carbocycles. The highest BCUT2D eigenvalue weighted by atomic mass is 16.2. The van der Waals surface area contributed by atoms with Crippen molar-refractivity contribution in [2.45, 2.75) is 51.2 Å². The number of rotatable bonds is 4. The number of pyridine rings is 1. The van der Waals surface area contributed by atoms with E-state index in [1.165, 1.54) is 19.3 Å². The molecule has 1 unspecified atom stereocenters. The standard InChI is InChI=1S/C22H33N5O2/c1-16-13-26(9-10-27(16)19-5-4-6-19)21(28)15-25-8-7-17-11-18(22(29)24(2)3)12-23-20(17)14-25/h11-12,16,19H,4-10,13-15H2,1-3H3. The first-order valence-corrected chi connectivity index (χ1v) is 10.9. The van der Waals surface area contributed by atoms with Crippen LogP contribution in [-0.2, 0) is 17.8 Å². The summed E-state index contributed by atoms with van der Waals surface area (Å²) in [6, 6.07) is 3.16. The van der Waals surface area contributed by atoms with Crippen LogP contribution in [-0.4, -0.2) is 95.3 Å². The number of carbonyl (C=O) groups excluding carboxylic acids is 2. The van der Waals surface area contributed by atoms with Gasteiger partial charge in [0.05, 0.1) is 17.8 Å². The molecule has 0 spiro atoms. The molecule has 2 fully saturated rings. The van der Waals surface area contributed by atoms with E-state index >= 15 is 0 Å². The first kappa shape index (κ1) is 20.3. The maximum atomic E-state index is 12.9. The molecule has 0 N–H and O–H groups in total. The summed E-state index contributed by atoms with van der Waals surface area (Å²) in [5.41, 5.74) is 2.75. The van der Waals surface area contributed by atoms with Gasteiger partial charge >= 0.3 is 0 Å². The molecular formula is C22H33N5O2. The van der Waals surface area contributed by atoms with Crippen LogP contribution in [0.15, 0.2) is 12.3 Å². The topological polar surface area (TPSA) is 60.0 Å². The van der Waals surface area contributed by atoms with Crippen molar-refractivity contribution in [3.05, 3.63) is 29.1 Å². The smallest absolute Gasteiger partial charge is 0.254 e. The van der Waals surface area contributed by atoms with Gasteiger partial charge in [-0.05, 0) is 37.8 Å². The van der Waals surface area contributed by atoms with Gasteiger partial charge in [-0.25, -0.2) is 0 Å². The average molecular weight is 400 g/mol. The summed E-state index contributed by atoms with van der Waals surface area (Å²) in [4.78, 5) is 38.0. The number of amides is 2. The van der Waals surface area contributed by atoms with Gasteiger partial charge in [0.15, 0.2) is 0 Å². The lowest BCUT2D eigenvalue weighted by Gasteiger charge is -2.47. The molecule has 7 heteroatoms. The molecule has 1 aliphatic carbocycles. The van der Waals surface area contributed by atoms with Gasteiger partial charge in [0.2, 0.25) is 5.91 Å². The largest absolute Gasteiger partial charge is 0.345 e.